The van der Waals surface area contributed by atoms with E-state index in [0.717, 1.165) is 24.8 Å². The Morgan fingerprint density at radius 2 is 1.79 bits per heavy atom. The van der Waals surface area contributed by atoms with Gasteiger partial charge in [0.25, 0.3) is 0 Å². The number of nitrogens with two attached hydrogens (primary N) is 1. The second-order valence-corrected chi connectivity index (χ2v) is 11.6. The Hall–Kier alpha value is -2.61. The number of hydrogen-bond donors (Lipinski definition) is 3. The highest BCUT2D eigenvalue weighted by Crippen LogP contribution is 2.31. The predicted octanol–water partition coefficient (Wildman–Crippen LogP) is 3.05. The summed E-state index contributed by atoms with van der Waals surface area (Å²) in [7, 11) is 0. The zero-order valence-electron chi connectivity index (χ0n) is 21.3. The van der Waals surface area contributed by atoms with Gasteiger partial charge in [-0.15, -0.1) is 0 Å². The molecule has 1 heterocycles. The van der Waals surface area contributed by atoms with Crippen LogP contribution in [0.25, 0.3) is 0 Å². The molecule has 1 fully saturated rings. The second kappa shape index (κ2) is 9.94. The van der Waals surface area contributed by atoms with Crippen LogP contribution in [-0.4, -0.2) is 53.1 Å². The molecule has 0 spiro atoms. The van der Waals surface area contributed by atoms with Crippen LogP contribution < -0.4 is 16.4 Å². The highest BCUT2D eigenvalue weighted by atomic mass is 16.6. The molecule has 8 nitrogen and oxygen atoms in total. The van der Waals surface area contributed by atoms with E-state index in [4.69, 9.17) is 10.5 Å². The molecule has 1 aliphatic heterocycles. The first kappa shape index (κ1) is 26.0. The summed E-state index contributed by atoms with van der Waals surface area (Å²) in [6, 6.07) is 6.24. The van der Waals surface area contributed by atoms with Crippen molar-refractivity contribution in [3.8, 4) is 0 Å². The number of alkyl carbamates (subject to hydrolysis) is 1. The zero-order chi connectivity index (χ0) is 25.3. The van der Waals surface area contributed by atoms with Crippen LogP contribution in [-0.2, 0) is 20.7 Å². The smallest absolute Gasteiger partial charge is 0.408 e. The molecule has 0 aromatic heterocycles. The van der Waals surface area contributed by atoms with Crippen LogP contribution in [0.4, 0.5) is 4.79 Å². The molecule has 1 aromatic carbocycles. The molecule has 4 atom stereocenters. The van der Waals surface area contributed by atoms with Gasteiger partial charge in [0, 0.05) is 12.6 Å². The Labute approximate surface area is 203 Å². The molecule has 3 amide bonds. The SMILES string of the molecule is CC(C)(C)OC(=O)NC(C(=O)N1CC(N)CC1C(=O)NC1CCCc2ccccc21)C(C)(C)C. The lowest BCUT2D eigenvalue weighted by Gasteiger charge is -2.36. The number of carbonyl (C=O) groups is 3. The molecule has 34 heavy (non-hydrogen) atoms. The molecule has 4 unspecified atom stereocenters. The van der Waals surface area contributed by atoms with Crippen LogP contribution in [0.3, 0.4) is 0 Å². The first-order valence-corrected chi connectivity index (χ1v) is 12.2. The summed E-state index contributed by atoms with van der Waals surface area (Å²) in [6.45, 7) is 11.2. The van der Waals surface area contributed by atoms with Gasteiger partial charge >= 0.3 is 6.09 Å². The van der Waals surface area contributed by atoms with Crippen LogP contribution in [0.15, 0.2) is 24.3 Å². The van der Waals surface area contributed by atoms with Crippen molar-refractivity contribution in [2.45, 2.75) is 97.0 Å². The summed E-state index contributed by atoms with van der Waals surface area (Å²) in [5.41, 5.74) is 7.32. The van der Waals surface area contributed by atoms with Crippen LogP contribution in [0, 0.1) is 5.41 Å². The first-order chi connectivity index (χ1) is 15.8. The van der Waals surface area contributed by atoms with E-state index < -0.39 is 29.2 Å². The van der Waals surface area contributed by atoms with Crippen molar-refractivity contribution in [3.05, 3.63) is 35.4 Å². The van der Waals surface area contributed by atoms with E-state index in [9.17, 15) is 14.4 Å². The maximum absolute atomic E-state index is 13.7. The molecule has 8 heteroatoms. The van der Waals surface area contributed by atoms with Crippen molar-refractivity contribution in [2.24, 2.45) is 11.1 Å². The van der Waals surface area contributed by atoms with Gasteiger partial charge in [-0.3, -0.25) is 9.59 Å². The molecule has 188 valence electrons. The minimum absolute atomic E-state index is 0.0791. The van der Waals surface area contributed by atoms with Crippen LogP contribution in [0.2, 0.25) is 0 Å². The fourth-order valence-corrected chi connectivity index (χ4v) is 4.77. The highest BCUT2D eigenvalue weighted by Gasteiger charge is 2.45. The highest BCUT2D eigenvalue weighted by molar-refractivity contribution is 5.92. The standard InChI is InChI=1S/C26H40N4O4/c1-25(2,3)21(29-24(33)34-26(4,5)6)23(32)30-15-17(27)14-20(30)22(31)28-19-13-9-11-16-10-7-8-12-18(16)19/h7-8,10,12,17,19-21H,9,11,13-15,27H2,1-6H3,(H,28,31)(H,29,33). The summed E-state index contributed by atoms with van der Waals surface area (Å²) in [5.74, 6) is -0.525. The van der Waals surface area contributed by atoms with Gasteiger partial charge in [0.2, 0.25) is 11.8 Å². The van der Waals surface area contributed by atoms with Crippen molar-refractivity contribution in [1.82, 2.24) is 15.5 Å². The van der Waals surface area contributed by atoms with Crippen molar-refractivity contribution in [2.75, 3.05) is 6.54 Å². The molecule has 0 saturated carbocycles. The quantitative estimate of drug-likeness (QED) is 0.623. The van der Waals surface area contributed by atoms with Gasteiger partial charge in [0.1, 0.15) is 17.7 Å². The summed E-state index contributed by atoms with van der Waals surface area (Å²) >= 11 is 0. The van der Waals surface area contributed by atoms with Gasteiger partial charge in [-0.05, 0) is 63.0 Å². The number of rotatable bonds is 4. The molecule has 0 bridgehead atoms. The number of nitrogens with zero attached hydrogens (tertiary/aromatic N) is 1. The summed E-state index contributed by atoms with van der Waals surface area (Å²) in [4.78, 5) is 41.1. The van der Waals surface area contributed by atoms with Gasteiger partial charge in [-0.25, -0.2) is 4.79 Å². The first-order valence-electron chi connectivity index (χ1n) is 12.2. The van der Waals surface area contributed by atoms with Crippen molar-refractivity contribution >= 4 is 17.9 Å². The number of nitrogens with one attached hydrogen (secondary N) is 2. The number of likely N-dealkylation sites (tertiary alicyclic amines) is 1. The normalized spacial score (nSPS) is 23.6. The Morgan fingerprint density at radius 3 is 2.44 bits per heavy atom. The number of benzene rings is 1. The van der Waals surface area contributed by atoms with Crippen LogP contribution in [0.5, 0.6) is 0 Å². The Bertz CT molecular complexity index is 918. The molecule has 1 saturated heterocycles. The van der Waals surface area contributed by atoms with E-state index in [1.807, 2.05) is 32.9 Å². The van der Waals surface area contributed by atoms with Gasteiger partial charge < -0.3 is 26.0 Å². The van der Waals surface area contributed by atoms with Crippen molar-refractivity contribution < 1.29 is 19.1 Å². The third-order valence-corrected chi connectivity index (χ3v) is 6.38. The minimum Gasteiger partial charge on any atom is -0.444 e. The van der Waals surface area contributed by atoms with E-state index in [1.54, 1.807) is 20.8 Å². The fourth-order valence-electron chi connectivity index (χ4n) is 4.77. The predicted molar refractivity (Wildman–Crippen MR) is 131 cm³/mol. The van der Waals surface area contributed by atoms with Gasteiger partial charge in [0.15, 0.2) is 0 Å². The number of aryl methyl sites for hydroxylation is 1. The van der Waals surface area contributed by atoms with E-state index in [-0.39, 0.29) is 30.4 Å². The lowest BCUT2D eigenvalue weighted by Crippen LogP contribution is -2.58. The van der Waals surface area contributed by atoms with Crippen molar-refractivity contribution in [3.63, 3.8) is 0 Å². The Balaban J connectivity index is 1.77. The zero-order valence-corrected chi connectivity index (χ0v) is 21.3. The molecule has 1 aliphatic carbocycles. The van der Waals surface area contributed by atoms with Gasteiger partial charge in [0.05, 0.1) is 6.04 Å². The average Bonchev–Trinajstić information content (AvgIpc) is 3.11. The lowest BCUT2D eigenvalue weighted by atomic mass is 9.85. The van der Waals surface area contributed by atoms with E-state index in [2.05, 4.69) is 22.8 Å². The third kappa shape index (κ3) is 6.29. The van der Waals surface area contributed by atoms with E-state index in [1.165, 1.54) is 10.5 Å². The van der Waals surface area contributed by atoms with Crippen LogP contribution >= 0.6 is 0 Å². The maximum Gasteiger partial charge on any atom is 0.408 e. The van der Waals surface area contributed by atoms with E-state index >= 15 is 0 Å². The fraction of sp³-hybridized carbons (Fsp3) is 0.654. The second-order valence-electron chi connectivity index (χ2n) is 11.6. The number of carbonyl (C=O) groups excluding carboxylic acids is 3. The number of amides is 3. The summed E-state index contributed by atoms with van der Waals surface area (Å²) in [5, 5.41) is 5.91. The van der Waals surface area contributed by atoms with Gasteiger partial charge in [-0.2, -0.15) is 0 Å². The number of ether oxygens (including phenoxy) is 1. The molecule has 2 aliphatic rings. The Morgan fingerprint density at radius 1 is 1.12 bits per heavy atom. The molecule has 4 N–H and O–H groups in total. The minimum atomic E-state index is -0.863. The molecule has 3 rings (SSSR count). The lowest BCUT2D eigenvalue weighted by molar-refractivity contribution is -0.142. The average molecular weight is 473 g/mol. The third-order valence-electron chi connectivity index (χ3n) is 6.38. The van der Waals surface area contributed by atoms with Crippen LogP contribution in [0.1, 0.15) is 78.0 Å². The molecule has 0 radical (unpaired) electrons. The molecular formula is C26H40N4O4. The maximum atomic E-state index is 13.7. The number of fused-ring (bicyclic) bond motifs is 1. The Kier molecular flexibility index (Phi) is 7.60. The topological polar surface area (TPSA) is 114 Å². The van der Waals surface area contributed by atoms with Crippen molar-refractivity contribution in [1.29, 1.82) is 0 Å². The van der Waals surface area contributed by atoms with Gasteiger partial charge in [-0.1, -0.05) is 45.0 Å². The molecule has 1 aromatic rings. The molecular weight excluding hydrogens is 432 g/mol. The summed E-state index contributed by atoms with van der Waals surface area (Å²) < 4.78 is 5.38. The monoisotopic (exact) mass is 472 g/mol. The largest absolute Gasteiger partial charge is 0.444 e. The number of hydrogen-bond acceptors (Lipinski definition) is 5. The van der Waals surface area contributed by atoms with E-state index in [0.29, 0.717) is 6.42 Å². The summed E-state index contributed by atoms with van der Waals surface area (Å²) in [6.07, 6.45) is 2.59.